The highest BCUT2D eigenvalue weighted by molar-refractivity contribution is 5.73. The Morgan fingerprint density at radius 2 is 2.29 bits per heavy atom. The van der Waals surface area contributed by atoms with Gasteiger partial charge < -0.3 is 9.84 Å². The average Bonchev–Trinajstić information content (AvgIpc) is 3.08. The molecular formula is C14H16O3. The van der Waals surface area contributed by atoms with Crippen molar-refractivity contribution in [3.05, 3.63) is 42.5 Å². The zero-order valence-corrected chi connectivity index (χ0v) is 9.63. The van der Waals surface area contributed by atoms with Gasteiger partial charge in [-0.2, -0.15) is 0 Å². The van der Waals surface area contributed by atoms with E-state index < -0.39 is 5.97 Å². The van der Waals surface area contributed by atoms with Gasteiger partial charge >= 0.3 is 5.97 Å². The first-order valence-corrected chi connectivity index (χ1v) is 5.76. The van der Waals surface area contributed by atoms with Gasteiger partial charge in [0.1, 0.15) is 5.75 Å². The van der Waals surface area contributed by atoms with Crippen molar-refractivity contribution in [3.63, 3.8) is 0 Å². The maximum Gasteiger partial charge on any atom is 0.306 e. The first kappa shape index (κ1) is 11.7. The van der Waals surface area contributed by atoms with Gasteiger partial charge in [-0.25, -0.2) is 0 Å². The van der Waals surface area contributed by atoms with Crippen molar-refractivity contribution in [1.82, 2.24) is 0 Å². The fourth-order valence-corrected chi connectivity index (χ4v) is 1.90. The lowest BCUT2D eigenvalue weighted by molar-refractivity contribution is -0.138. The van der Waals surface area contributed by atoms with E-state index in [0.29, 0.717) is 6.61 Å². The summed E-state index contributed by atoms with van der Waals surface area (Å²) in [7, 11) is 0. The van der Waals surface area contributed by atoms with E-state index in [9.17, 15) is 4.79 Å². The summed E-state index contributed by atoms with van der Waals surface area (Å²) in [6.45, 7) is 4.20. The molecule has 1 aliphatic carbocycles. The van der Waals surface area contributed by atoms with E-state index in [1.807, 2.05) is 30.3 Å². The molecule has 1 fully saturated rings. The number of carbonyl (C=O) groups is 1. The molecule has 0 bridgehead atoms. The second-order valence-corrected chi connectivity index (χ2v) is 4.35. The highest BCUT2D eigenvalue weighted by Crippen LogP contribution is 2.39. The molecule has 0 unspecified atom stereocenters. The minimum Gasteiger partial charge on any atom is -0.493 e. The Morgan fingerprint density at radius 3 is 2.94 bits per heavy atom. The topological polar surface area (TPSA) is 46.5 Å². The van der Waals surface area contributed by atoms with Gasteiger partial charge in [-0.3, -0.25) is 4.79 Å². The largest absolute Gasteiger partial charge is 0.493 e. The monoisotopic (exact) mass is 232 g/mol. The summed E-state index contributed by atoms with van der Waals surface area (Å²) in [6, 6.07) is 7.79. The molecule has 3 heteroatoms. The first-order valence-electron chi connectivity index (χ1n) is 5.76. The number of hydrogen-bond donors (Lipinski definition) is 1. The molecule has 0 saturated heterocycles. The number of ether oxygens (including phenoxy) is 1. The second kappa shape index (κ2) is 5.04. The van der Waals surface area contributed by atoms with Crippen LogP contribution >= 0.6 is 0 Å². The molecule has 3 nitrogen and oxygen atoms in total. The van der Waals surface area contributed by atoms with Crippen molar-refractivity contribution in [2.75, 3.05) is 6.61 Å². The van der Waals surface area contributed by atoms with Crippen LogP contribution in [0.5, 0.6) is 5.75 Å². The molecule has 1 aliphatic rings. The highest BCUT2D eigenvalue weighted by Gasteiger charge is 2.43. The Labute approximate surface area is 101 Å². The lowest BCUT2D eigenvalue weighted by Gasteiger charge is -2.09. The fourth-order valence-electron chi connectivity index (χ4n) is 1.90. The molecule has 1 aromatic rings. The van der Waals surface area contributed by atoms with Crippen molar-refractivity contribution in [2.45, 2.75) is 12.8 Å². The summed E-state index contributed by atoms with van der Waals surface area (Å²) >= 11 is 0. The number of benzene rings is 1. The zero-order valence-electron chi connectivity index (χ0n) is 9.63. The second-order valence-electron chi connectivity index (χ2n) is 4.35. The van der Waals surface area contributed by atoms with Crippen molar-refractivity contribution in [3.8, 4) is 5.75 Å². The Morgan fingerprint density at radius 1 is 1.53 bits per heavy atom. The van der Waals surface area contributed by atoms with Crippen LogP contribution in [0.3, 0.4) is 0 Å². The van der Waals surface area contributed by atoms with E-state index in [-0.39, 0.29) is 11.8 Å². The number of carboxylic acids is 1. The summed E-state index contributed by atoms with van der Waals surface area (Å²) in [5.74, 6) is 0.0901. The minimum atomic E-state index is -0.710. The quantitative estimate of drug-likeness (QED) is 0.766. The summed E-state index contributed by atoms with van der Waals surface area (Å²) in [4.78, 5) is 10.7. The van der Waals surface area contributed by atoms with E-state index in [2.05, 4.69) is 6.58 Å². The smallest absolute Gasteiger partial charge is 0.306 e. The predicted molar refractivity (Wildman–Crippen MR) is 65.1 cm³/mol. The van der Waals surface area contributed by atoms with Crippen molar-refractivity contribution in [2.24, 2.45) is 11.8 Å². The zero-order chi connectivity index (χ0) is 12.3. The number of rotatable bonds is 6. The molecule has 0 heterocycles. The molecule has 0 aromatic heterocycles. The average molecular weight is 232 g/mol. The Hall–Kier alpha value is -1.77. The van der Waals surface area contributed by atoms with Crippen LogP contribution in [-0.4, -0.2) is 17.7 Å². The molecule has 1 aromatic carbocycles. The van der Waals surface area contributed by atoms with Crippen LogP contribution < -0.4 is 4.74 Å². The van der Waals surface area contributed by atoms with Crippen molar-refractivity contribution in [1.29, 1.82) is 0 Å². The van der Waals surface area contributed by atoms with Gasteiger partial charge in [0.25, 0.3) is 0 Å². The Bertz CT molecular complexity index is 425. The molecule has 0 spiro atoms. The molecule has 2 rings (SSSR count). The maximum absolute atomic E-state index is 10.7. The van der Waals surface area contributed by atoms with E-state index in [0.717, 1.165) is 24.2 Å². The molecule has 0 radical (unpaired) electrons. The van der Waals surface area contributed by atoms with Crippen LogP contribution in [0.15, 0.2) is 36.9 Å². The van der Waals surface area contributed by atoms with Crippen LogP contribution in [0.1, 0.15) is 12.0 Å². The van der Waals surface area contributed by atoms with E-state index in [1.54, 1.807) is 0 Å². The summed E-state index contributed by atoms with van der Waals surface area (Å²) in [5.41, 5.74) is 1.09. The van der Waals surface area contributed by atoms with Gasteiger partial charge in [0.15, 0.2) is 0 Å². The normalized spacial score (nSPS) is 21.9. The Kier molecular flexibility index (Phi) is 3.47. The number of para-hydroxylation sites is 1. The predicted octanol–water partition coefficient (Wildman–Crippen LogP) is 2.51. The van der Waals surface area contributed by atoms with E-state index >= 15 is 0 Å². The third-order valence-electron chi connectivity index (χ3n) is 3.03. The van der Waals surface area contributed by atoms with Gasteiger partial charge in [0, 0.05) is 5.92 Å². The molecule has 1 saturated carbocycles. The van der Waals surface area contributed by atoms with Crippen LogP contribution in [-0.2, 0) is 11.2 Å². The summed E-state index contributed by atoms with van der Waals surface area (Å²) in [5, 5.41) is 8.79. The Balaban J connectivity index is 1.91. The van der Waals surface area contributed by atoms with Gasteiger partial charge in [-0.15, -0.1) is 6.58 Å². The fraction of sp³-hybridized carbons (Fsp3) is 0.357. The van der Waals surface area contributed by atoms with E-state index in [4.69, 9.17) is 9.84 Å². The van der Waals surface area contributed by atoms with Crippen LogP contribution in [0.2, 0.25) is 0 Å². The number of aliphatic carboxylic acids is 1. The summed E-state index contributed by atoms with van der Waals surface area (Å²) in [6.07, 6.45) is 3.33. The first-order chi connectivity index (χ1) is 8.22. The lowest BCUT2D eigenvalue weighted by Crippen LogP contribution is -2.07. The third kappa shape index (κ3) is 2.87. The molecule has 2 atom stereocenters. The maximum atomic E-state index is 10.7. The molecule has 1 N–H and O–H groups in total. The number of hydrogen-bond acceptors (Lipinski definition) is 2. The molecular weight excluding hydrogens is 216 g/mol. The SMILES string of the molecule is C=CCc1ccccc1OC[C@@H]1C[C@H]1C(=O)O. The molecule has 90 valence electrons. The van der Waals surface area contributed by atoms with Gasteiger partial charge in [0.2, 0.25) is 0 Å². The van der Waals surface area contributed by atoms with Crippen LogP contribution in [0, 0.1) is 11.8 Å². The van der Waals surface area contributed by atoms with Gasteiger partial charge in [-0.05, 0) is 24.5 Å². The van der Waals surface area contributed by atoms with Gasteiger partial charge in [0.05, 0.1) is 12.5 Å². The summed E-state index contributed by atoms with van der Waals surface area (Å²) < 4.78 is 5.68. The molecule has 17 heavy (non-hydrogen) atoms. The number of carboxylic acid groups (broad SMARTS) is 1. The molecule has 0 aliphatic heterocycles. The number of allylic oxidation sites excluding steroid dienone is 1. The van der Waals surface area contributed by atoms with Crippen molar-refractivity contribution >= 4 is 5.97 Å². The van der Waals surface area contributed by atoms with Gasteiger partial charge in [-0.1, -0.05) is 24.3 Å². The van der Waals surface area contributed by atoms with E-state index in [1.165, 1.54) is 0 Å². The minimum absolute atomic E-state index is 0.171. The van der Waals surface area contributed by atoms with Crippen LogP contribution in [0.4, 0.5) is 0 Å². The lowest BCUT2D eigenvalue weighted by atomic mass is 10.1. The third-order valence-corrected chi connectivity index (χ3v) is 3.03. The standard InChI is InChI=1S/C14H16O3/c1-2-5-10-6-3-4-7-13(10)17-9-11-8-12(11)14(15)16/h2-4,6-7,11-12H,1,5,8-9H2,(H,15,16)/t11-,12+/m0/s1. The molecule has 0 amide bonds. The highest BCUT2D eigenvalue weighted by atomic mass is 16.5. The van der Waals surface area contributed by atoms with Crippen LogP contribution in [0.25, 0.3) is 0 Å². The van der Waals surface area contributed by atoms with Crippen molar-refractivity contribution < 1.29 is 14.6 Å².